The average Bonchev–Trinajstić information content (AvgIpc) is 3.16. The van der Waals surface area contributed by atoms with E-state index >= 15 is 0 Å². The fraction of sp³-hybridized carbons (Fsp3) is 0.333. The Morgan fingerprint density at radius 2 is 2.15 bits per heavy atom. The quantitative estimate of drug-likeness (QED) is 0.832. The Kier molecular flexibility index (Phi) is 7.17. The number of hydrogen-bond donors (Lipinski definition) is 2. The molecule has 140 valence electrons. The standard InChI is InChI=1S/C18H20FN3O3.ClH/c19-14-4-1-3-13(11-14)15-12-20-8-9-22(15)17(23)6-7-21-18(24)16-5-2-10-25-16;/h1-5,10-11,15,20H,6-9,12H2,(H,21,24);1H. The minimum Gasteiger partial charge on any atom is -0.459 e. The summed E-state index contributed by atoms with van der Waals surface area (Å²) in [5.74, 6) is -0.524. The fourth-order valence-electron chi connectivity index (χ4n) is 2.94. The van der Waals surface area contributed by atoms with E-state index in [2.05, 4.69) is 10.6 Å². The Morgan fingerprint density at radius 1 is 1.31 bits per heavy atom. The molecule has 1 aliphatic heterocycles. The summed E-state index contributed by atoms with van der Waals surface area (Å²) in [5, 5.41) is 5.89. The number of amides is 2. The number of hydrogen-bond acceptors (Lipinski definition) is 4. The average molecular weight is 382 g/mol. The van der Waals surface area contributed by atoms with Crippen LogP contribution in [-0.4, -0.2) is 42.9 Å². The number of benzene rings is 1. The molecule has 0 aliphatic carbocycles. The molecule has 26 heavy (non-hydrogen) atoms. The lowest BCUT2D eigenvalue weighted by molar-refractivity contribution is -0.134. The van der Waals surface area contributed by atoms with Crippen LogP contribution in [0.15, 0.2) is 47.1 Å². The van der Waals surface area contributed by atoms with Crippen LogP contribution in [0.25, 0.3) is 0 Å². The van der Waals surface area contributed by atoms with E-state index in [1.54, 1.807) is 23.1 Å². The second-order valence-corrected chi connectivity index (χ2v) is 5.85. The van der Waals surface area contributed by atoms with Crippen molar-refractivity contribution in [3.63, 3.8) is 0 Å². The Morgan fingerprint density at radius 3 is 2.88 bits per heavy atom. The lowest BCUT2D eigenvalue weighted by atomic mass is 10.0. The minimum absolute atomic E-state index is 0. The third kappa shape index (κ3) is 4.83. The van der Waals surface area contributed by atoms with Gasteiger partial charge in [-0.2, -0.15) is 0 Å². The maximum absolute atomic E-state index is 13.5. The summed E-state index contributed by atoms with van der Waals surface area (Å²) >= 11 is 0. The third-order valence-electron chi connectivity index (χ3n) is 4.17. The van der Waals surface area contributed by atoms with Crippen molar-refractivity contribution in [2.75, 3.05) is 26.2 Å². The summed E-state index contributed by atoms with van der Waals surface area (Å²) in [5.41, 5.74) is 0.764. The minimum atomic E-state index is -0.347. The number of carbonyl (C=O) groups is 2. The van der Waals surface area contributed by atoms with Crippen molar-refractivity contribution < 1.29 is 18.4 Å². The first kappa shape index (κ1) is 19.9. The van der Waals surface area contributed by atoms with E-state index in [0.717, 1.165) is 5.56 Å². The number of furan rings is 1. The van der Waals surface area contributed by atoms with E-state index in [4.69, 9.17) is 4.42 Å². The summed E-state index contributed by atoms with van der Waals surface area (Å²) in [6.45, 7) is 2.04. The highest BCUT2D eigenvalue weighted by atomic mass is 35.5. The molecule has 2 aromatic rings. The topological polar surface area (TPSA) is 74.6 Å². The van der Waals surface area contributed by atoms with Gasteiger partial charge in [-0.05, 0) is 29.8 Å². The summed E-state index contributed by atoms with van der Waals surface area (Å²) in [6.07, 6.45) is 1.60. The van der Waals surface area contributed by atoms with Crippen molar-refractivity contribution in [1.82, 2.24) is 15.5 Å². The first-order valence-electron chi connectivity index (χ1n) is 8.22. The van der Waals surface area contributed by atoms with Gasteiger partial charge in [-0.25, -0.2) is 4.39 Å². The molecular formula is C18H21ClFN3O3. The number of nitrogens with zero attached hydrogens (tertiary/aromatic N) is 1. The van der Waals surface area contributed by atoms with Crippen molar-refractivity contribution in [2.45, 2.75) is 12.5 Å². The molecule has 1 fully saturated rings. The molecule has 1 unspecified atom stereocenters. The molecule has 1 aromatic heterocycles. The molecule has 1 aromatic carbocycles. The predicted octanol–water partition coefficient (Wildman–Crippen LogP) is 2.13. The number of rotatable bonds is 5. The molecule has 6 nitrogen and oxygen atoms in total. The van der Waals surface area contributed by atoms with Crippen LogP contribution < -0.4 is 10.6 Å². The van der Waals surface area contributed by atoms with E-state index in [-0.39, 0.29) is 54.8 Å². The maximum atomic E-state index is 13.5. The van der Waals surface area contributed by atoms with Crippen molar-refractivity contribution in [2.24, 2.45) is 0 Å². The molecule has 0 saturated carbocycles. The van der Waals surface area contributed by atoms with Gasteiger partial charge in [0.1, 0.15) is 5.82 Å². The van der Waals surface area contributed by atoms with E-state index in [0.29, 0.717) is 19.6 Å². The van der Waals surface area contributed by atoms with Crippen molar-refractivity contribution in [1.29, 1.82) is 0 Å². The number of carbonyl (C=O) groups excluding carboxylic acids is 2. The van der Waals surface area contributed by atoms with Crippen LogP contribution in [0.4, 0.5) is 4.39 Å². The second-order valence-electron chi connectivity index (χ2n) is 5.85. The Bertz CT molecular complexity index is 739. The van der Waals surface area contributed by atoms with Gasteiger partial charge in [0.25, 0.3) is 5.91 Å². The first-order valence-corrected chi connectivity index (χ1v) is 8.22. The molecule has 8 heteroatoms. The highest BCUT2D eigenvalue weighted by Gasteiger charge is 2.27. The second kappa shape index (κ2) is 9.35. The monoisotopic (exact) mass is 381 g/mol. The highest BCUT2D eigenvalue weighted by Crippen LogP contribution is 2.23. The largest absolute Gasteiger partial charge is 0.459 e. The summed E-state index contributed by atoms with van der Waals surface area (Å²) < 4.78 is 18.5. The molecule has 2 heterocycles. The van der Waals surface area contributed by atoms with Gasteiger partial charge in [0.2, 0.25) is 5.91 Å². The summed E-state index contributed by atoms with van der Waals surface area (Å²) in [7, 11) is 0. The van der Waals surface area contributed by atoms with Gasteiger partial charge in [-0.15, -0.1) is 12.4 Å². The molecule has 3 rings (SSSR count). The molecule has 2 N–H and O–H groups in total. The van der Waals surface area contributed by atoms with Crippen LogP contribution in [0, 0.1) is 5.82 Å². The van der Waals surface area contributed by atoms with Crippen molar-refractivity contribution in [3.05, 3.63) is 59.8 Å². The smallest absolute Gasteiger partial charge is 0.286 e. The lowest BCUT2D eigenvalue weighted by Crippen LogP contribution is -2.49. The van der Waals surface area contributed by atoms with E-state index < -0.39 is 0 Å². The molecule has 1 atom stereocenters. The van der Waals surface area contributed by atoms with Crippen LogP contribution in [-0.2, 0) is 4.79 Å². The summed E-state index contributed by atoms with van der Waals surface area (Å²) in [4.78, 5) is 26.1. The Balaban J connectivity index is 0.00000243. The van der Waals surface area contributed by atoms with E-state index in [1.165, 1.54) is 18.4 Å². The Labute approximate surface area is 157 Å². The van der Waals surface area contributed by atoms with Crippen molar-refractivity contribution >= 4 is 24.2 Å². The molecular weight excluding hydrogens is 361 g/mol. The molecule has 1 saturated heterocycles. The summed E-state index contributed by atoms with van der Waals surface area (Å²) in [6, 6.07) is 9.29. The van der Waals surface area contributed by atoms with E-state index in [1.807, 2.05) is 6.07 Å². The van der Waals surface area contributed by atoms with Crippen molar-refractivity contribution in [3.8, 4) is 0 Å². The van der Waals surface area contributed by atoms with E-state index in [9.17, 15) is 14.0 Å². The molecule has 0 radical (unpaired) electrons. The third-order valence-corrected chi connectivity index (χ3v) is 4.17. The SMILES string of the molecule is Cl.O=C(NCCC(=O)N1CCNCC1c1cccc(F)c1)c1ccco1. The fourth-order valence-corrected chi connectivity index (χ4v) is 2.94. The van der Waals surface area contributed by atoms with Gasteiger partial charge in [0, 0.05) is 32.6 Å². The molecule has 1 aliphatic rings. The number of piperazine rings is 1. The zero-order valence-electron chi connectivity index (χ0n) is 14.1. The van der Waals surface area contributed by atoms with Gasteiger partial charge in [0.15, 0.2) is 5.76 Å². The highest BCUT2D eigenvalue weighted by molar-refractivity contribution is 5.91. The molecule has 0 spiro atoms. The van der Waals surface area contributed by atoms with Gasteiger partial charge in [0.05, 0.1) is 12.3 Å². The maximum Gasteiger partial charge on any atom is 0.286 e. The number of nitrogens with one attached hydrogen (secondary N) is 2. The zero-order chi connectivity index (χ0) is 17.6. The van der Waals surface area contributed by atoms with Gasteiger partial charge in [-0.1, -0.05) is 12.1 Å². The van der Waals surface area contributed by atoms with Crippen LogP contribution >= 0.6 is 12.4 Å². The Hall–Kier alpha value is -2.38. The number of halogens is 2. The van der Waals surface area contributed by atoms with Gasteiger partial charge in [-0.3, -0.25) is 9.59 Å². The van der Waals surface area contributed by atoms with Crippen LogP contribution in [0.3, 0.4) is 0 Å². The zero-order valence-corrected chi connectivity index (χ0v) is 14.9. The molecule has 0 bridgehead atoms. The van der Waals surface area contributed by atoms with Gasteiger partial charge >= 0.3 is 0 Å². The van der Waals surface area contributed by atoms with Crippen LogP contribution in [0.2, 0.25) is 0 Å². The van der Waals surface area contributed by atoms with Gasteiger partial charge < -0.3 is 20.0 Å². The van der Waals surface area contributed by atoms with Crippen LogP contribution in [0.5, 0.6) is 0 Å². The predicted molar refractivity (Wildman–Crippen MR) is 96.6 cm³/mol. The first-order chi connectivity index (χ1) is 12.1. The lowest BCUT2D eigenvalue weighted by Gasteiger charge is -2.36. The molecule has 2 amide bonds. The van der Waals surface area contributed by atoms with Crippen LogP contribution in [0.1, 0.15) is 28.6 Å². The normalized spacial score (nSPS) is 16.7.